The summed E-state index contributed by atoms with van der Waals surface area (Å²) in [7, 11) is 0. The zero-order chi connectivity index (χ0) is 19.2. The lowest BCUT2D eigenvalue weighted by atomic mass is 10.0. The summed E-state index contributed by atoms with van der Waals surface area (Å²) in [4.78, 5) is 30.5. The molecule has 2 aromatic heterocycles. The smallest absolute Gasteiger partial charge is 0.222 e. The van der Waals surface area contributed by atoms with Crippen molar-refractivity contribution in [2.45, 2.75) is 32.9 Å². The number of thiophene rings is 1. The number of carbonyl (C=O) groups excluding carboxylic acids is 2. The van der Waals surface area contributed by atoms with E-state index < -0.39 is 0 Å². The quantitative estimate of drug-likeness (QED) is 0.629. The Morgan fingerprint density at radius 3 is 2.59 bits per heavy atom. The van der Waals surface area contributed by atoms with Crippen molar-refractivity contribution in [3.05, 3.63) is 63.3 Å². The zero-order valence-corrected chi connectivity index (χ0v) is 16.8. The first kappa shape index (κ1) is 19.3. The third-order valence-corrected chi connectivity index (χ3v) is 5.84. The summed E-state index contributed by atoms with van der Waals surface area (Å²) in [6.45, 7) is 3.91. The van der Waals surface area contributed by atoms with Crippen molar-refractivity contribution in [1.29, 1.82) is 0 Å². The molecular formula is C20H21N3O2S2. The number of rotatable bonds is 7. The van der Waals surface area contributed by atoms with E-state index >= 15 is 0 Å². The second-order valence-corrected chi connectivity index (χ2v) is 8.39. The number of carbonyl (C=O) groups is 2. The molecule has 2 N–H and O–H groups in total. The summed E-state index contributed by atoms with van der Waals surface area (Å²) >= 11 is 3.25. The molecule has 0 aliphatic rings. The maximum Gasteiger partial charge on any atom is 0.222 e. The topological polar surface area (TPSA) is 71.1 Å². The first-order chi connectivity index (χ1) is 13.0. The number of thiazole rings is 1. The van der Waals surface area contributed by atoms with Crippen molar-refractivity contribution in [1.82, 2.24) is 15.6 Å². The highest BCUT2D eigenvalue weighted by molar-refractivity contribution is 7.16. The molecule has 3 aromatic rings. The first-order valence-electron chi connectivity index (χ1n) is 8.61. The van der Waals surface area contributed by atoms with Gasteiger partial charge in [0.1, 0.15) is 0 Å². The van der Waals surface area contributed by atoms with Crippen LogP contribution in [0.2, 0.25) is 0 Å². The van der Waals surface area contributed by atoms with Crippen LogP contribution in [-0.4, -0.2) is 16.8 Å². The number of aromatic nitrogens is 1. The molecule has 0 aliphatic carbocycles. The fraction of sp³-hybridized carbons (Fsp3) is 0.250. The van der Waals surface area contributed by atoms with E-state index in [4.69, 9.17) is 0 Å². The van der Waals surface area contributed by atoms with E-state index in [0.717, 1.165) is 26.0 Å². The Kier molecular flexibility index (Phi) is 6.36. The predicted molar refractivity (Wildman–Crippen MR) is 110 cm³/mol. The zero-order valence-electron chi connectivity index (χ0n) is 15.2. The lowest BCUT2D eigenvalue weighted by molar-refractivity contribution is -0.122. The molecule has 27 heavy (non-hydrogen) atoms. The van der Waals surface area contributed by atoms with Gasteiger partial charge in [-0.2, -0.15) is 0 Å². The number of aryl methyl sites for hydroxylation is 1. The van der Waals surface area contributed by atoms with Crippen LogP contribution in [0.1, 0.15) is 34.8 Å². The van der Waals surface area contributed by atoms with Gasteiger partial charge in [-0.15, -0.1) is 22.7 Å². The number of amides is 2. The number of hydrogen-bond acceptors (Lipinski definition) is 5. The third-order valence-electron chi connectivity index (χ3n) is 3.96. The summed E-state index contributed by atoms with van der Waals surface area (Å²) < 4.78 is 0. The normalized spacial score (nSPS) is 11.8. The van der Waals surface area contributed by atoms with Crippen LogP contribution in [-0.2, 0) is 16.1 Å². The van der Waals surface area contributed by atoms with Gasteiger partial charge in [-0.3, -0.25) is 9.59 Å². The molecule has 5 nitrogen and oxygen atoms in total. The molecule has 0 fully saturated rings. The summed E-state index contributed by atoms with van der Waals surface area (Å²) in [6, 6.07) is 13.2. The number of benzene rings is 1. The van der Waals surface area contributed by atoms with Gasteiger partial charge in [-0.1, -0.05) is 30.3 Å². The molecule has 0 saturated carbocycles. The van der Waals surface area contributed by atoms with E-state index in [1.54, 1.807) is 22.7 Å². The monoisotopic (exact) mass is 399 g/mol. The molecule has 0 aliphatic heterocycles. The Bertz CT molecular complexity index is 918. The maximum atomic E-state index is 12.4. The maximum absolute atomic E-state index is 12.4. The Morgan fingerprint density at radius 2 is 1.93 bits per heavy atom. The third kappa shape index (κ3) is 5.48. The molecule has 0 spiro atoms. The van der Waals surface area contributed by atoms with Gasteiger partial charge in [0.2, 0.25) is 11.8 Å². The van der Waals surface area contributed by atoms with E-state index in [1.165, 1.54) is 6.92 Å². The molecule has 1 aromatic carbocycles. The second kappa shape index (κ2) is 8.92. The molecule has 0 radical (unpaired) electrons. The van der Waals surface area contributed by atoms with Crippen LogP contribution in [0.4, 0.5) is 0 Å². The van der Waals surface area contributed by atoms with Crippen molar-refractivity contribution in [2.75, 3.05) is 0 Å². The van der Waals surface area contributed by atoms with Crippen molar-refractivity contribution in [2.24, 2.45) is 0 Å². The fourth-order valence-electron chi connectivity index (χ4n) is 2.71. The van der Waals surface area contributed by atoms with Gasteiger partial charge in [-0.05, 0) is 24.6 Å². The highest BCUT2D eigenvalue weighted by Crippen LogP contribution is 2.29. The van der Waals surface area contributed by atoms with Gasteiger partial charge in [0.15, 0.2) is 0 Å². The predicted octanol–water partition coefficient (Wildman–Crippen LogP) is 4.06. The minimum Gasteiger partial charge on any atom is -0.351 e. The highest BCUT2D eigenvalue weighted by atomic mass is 32.1. The largest absolute Gasteiger partial charge is 0.351 e. The summed E-state index contributed by atoms with van der Waals surface area (Å²) in [5, 5.41) is 8.88. The standard InChI is InChI=1S/C20H21N3O2S2/c1-13(24)22-17(15-6-4-3-5-7-15)10-20(25)21-11-16-8-9-19(27-16)18-12-26-14(2)23-18/h3-9,12,17H,10-11H2,1-2H3,(H,21,25)(H,22,24). The lowest BCUT2D eigenvalue weighted by Gasteiger charge is -2.18. The molecular weight excluding hydrogens is 378 g/mol. The Hall–Kier alpha value is -2.51. The van der Waals surface area contributed by atoms with Crippen molar-refractivity contribution >= 4 is 34.5 Å². The molecule has 1 atom stereocenters. The summed E-state index contributed by atoms with van der Waals surface area (Å²) in [6.07, 6.45) is 0.201. The SMILES string of the molecule is CC(=O)NC(CC(=O)NCc1ccc(-c2csc(C)n2)s1)c1ccccc1. The van der Waals surface area contributed by atoms with Crippen LogP contribution >= 0.6 is 22.7 Å². The Labute approximate surface area is 166 Å². The van der Waals surface area contributed by atoms with E-state index in [-0.39, 0.29) is 24.3 Å². The minimum absolute atomic E-state index is 0.0999. The second-order valence-electron chi connectivity index (χ2n) is 6.16. The van der Waals surface area contributed by atoms with Crippen LogP contribution in [0.5, 0.6) is 0 Å². The average Bonchev–Trinajstić information content (AvgIpc) is 3.28. The van der Waals surface area contributed by atoms with Crippen molar-refractivity contribution < 1.29 is 9.59 Å². The number of hydrogen-bond donors (Lipinski definition) is 2. The molecule has 2 amide bonds. The molecule has 140 valence electrons. The van der Waals surface area contributed by atoms with Gasteiger partial charge < -0.3 is 10.6 Å². The molecule has 1 unspecified atom stereocenters. The number of nitrogens with one attached hydrogen (secondary N) is 2. The van der Waals surface area contributed by atoms with Gasteiger partial charge in [0.05, 0.1) is 34.6 Å². The van der Waals surface area contributed by atoms with Gasteiger partial charge in [0, 0.05) is 17.2 Å². The Morgan fingerprint density at radius 1 is 1.15 bits per heavy atom. The van der Waals surface area contributed by atoms with Gasteiger partial charge in [0.25, 0.3) is 0 Å². The molecule has 2 heterocycles. The average molecular weight is 400 g/mol. The van der Waals surface area contributed by atoms with Crippen LogP contribution in [0.3, 0.4) is 0 Å². The summed E-state index contributed by atoms with van der Waals surface area (Å²) in [5.74, 6) is -0.254. The lowest BCUT2D eigenvalue weighted by Crippen LogP contribution is -2.32. The van der Waals surface area contributed by atoms with E-state index in [9.17, 15) is 9.59 Å². The first-order valence-corrected chi connectivity index (χ1v) is 10.3. The minimum atomic E-state index is -0.333. The Balaban J connectivity index is 1.58. The van der Waals surface area contributed by atoms with Crippen molar-refractivity contribution in [3.63, 3.8) is 0 Å². The van der Waals surface area contributed by atoms with Gasteiger partial charge in [-0.25, -0.2) is 4.98 Å². The molecule has 0 saturated heterocycles. The van der Waals surface area contributed by atoms with Crippen LogP contribution in [0.25, 0.3) is 10.6 Å². The van der Waals surface area contributed by atoms with Crippen LogP contribution in [0, 0.1) is 6.92 Å². The van der Waals surface area contributed by atoms with E-state index in [2.05, 4.69) is 15.6 Å². The molecule has 0 bridgehead atoms. The fourth-order valence-corrected chi connectivity index (χ4v) is 4.31. The van der Waals surface area contributed by atoms with Crippen LogP contribution < -0.4 is 10.6 Å². The van der Waals surface area contributed by atoms with Crippen LogP contribution in [0.15, 0.2) is 47.8 Å². The molecule has 7 heteroatoms. The highest BCUT2D eigenvalue weighted by Gasteiger charge is 2.17. The number of nitrogens with zero attached hydrogens (tertiary/aromatic N) is 1. The van der Waals surface area contributed by atoms with E-state index in [0.29, 0.717) is 6.54 Å². The van der Waals surface area contributed by atoms with Gasteiger partial charge >= 0.3 is 0 Å². The summed E-state index contributed by atoms with van der Waals surface area (Å²) in [5.41, 5.74) is 1.90. The van der Waals surface area contributed by atoms with Crippen molar-refractivity contribution in [3.8, 4) is 10.6 Å². The molecule has 3 rings (SSSR count). The van der Waals surface area contributed by atoms with E-state index in [1.807, 2.05) is 54.8 Å².